The first-order chi connectivity index (χ1) is 3.39. The first kappa shape index (κ1) is 5.04. The highest BCUT2D eigenvalue weighted by Gasteiger charge is 1.90. The van der Waals surface area contributed by atoms with Crippen molar-refractivity contribution in [3.63, 3.8) is 0 Å². The zero-order valence-corrected chi connectivity index (χ0v) is 5.48. The van der Waals surface area contributed by atoms with E-state index in [4.69, 9.17) is 0 Å². The lowest BCUT2D eigenvalue weighted by molar-refractivity contribution is 1.18. The minimum atomic E-state index is 0.833. The Bertz CT molecular complexity index is 115. The van der Waals surface area contributed by atoms with Gasteiger partial charge in [-0.2, -0.15) is 0 Å². The van der Waals surface area contributed by atoms with Crippen LogP contribution in [-0.2, 0) is 0 Å². The van der Waals surface area contributed by atoms with Gasteiger partial charge in [0.15, 0.2) is 0 Å². The summed E-state index contributed by atoms with van der Waals surface area (Å²) in [6, 6.07) is 0. The monoisotopic (exact) mass is 159 g/mol. The summed E-state index contributed by atoms with van der Waals surface area (Å²) in [5.74, 6) is 0. The van der Waals surface area contributed by atoms with Crippen molar-refractivity contribution in [2.45, 2.75) is 6.42 Å². The van der Waals surface area contributed by atoms with Gasteiger partial charge in [-0.3, -0.25) is 4.99 Å². The van der Waals surface area contributed by atoms with Gasteiger partial charge in [-0.25, -0.2) is 0 Å². The summed E-state index contributed by atoms with van der Waals surface area (Å²) >= 11 is 3.34. The van der Waals surface area contributed by atoms with E-state index in [1.54, 1.807) is 0 Å². The average Bonchev–Trinajstić information content (AvgIpc) is 1.69. The Hall–Kier alpha value is -0.110. The molecule has 0 atom stereocenters. The molecule has 1 aliphatic heterocycles. The molecule has 1 nitrogen and oxygen atoms in total. The van der Waals surface area contributed by atoms with Crippen LogP contribution < -0.4 is 0 Å². The molecule has 0 N–H and O–H groups in total. The maximum atomic E-state index is 4.02. The molecule has 0 amide bonds. The lowest BCUT2D eigenvalue weighted by atomic mass is 10.3. The van der Waals surface area contributed by atoms with Gasteiger partial charge in [0.1, 0.15) is 0 Å². The molecule has 0 spiro atoms. The number of hydrogen-bond donors (Lipinski definition) is 0. The summed E-state index contributed by atoms with van der Waals surface area (Å²) in [5, 5.41) is 0. The van der Waals surface area contributed by atoms with E-state index in [9.17, 15) is 0 Å². The highest BCUT2D eigenvalue weighted by atomic mass is 79.9. The molecule has 1 aliphatic rings. The molecule has 0 aromatic carbocycles. The third-order valence-corrected chi connectivity index (χ3v) is 1.39. The highest BCUT2D eigenvalue weighted by Crippen LogP contribution is 2.08. The smallest absolute Gasteiger partial charge is 0.0698 e. The van der Waals surface area contributed by atoms with Crippen LogP contribution in [0.25, 0.3) is 0 Å². The van der Waals surface area contributed by atoms with E-state index in [-0.39, 0.29) is 0 Å². The van der Waals surface area contributed by atoms with Crippen LogP contribution in [0, 0.1) is 0 Å². The molecule has 0 saturated heterocycles. The highest BCUT2D eigenvalue weighted by molar-refractivity contribution is 9.11. The van der Waals surface area contributed by atoms with Crippen LogP contribution in [0.1, 0.15) is 6.42 Å². The molecule has 0 radical (unpaired) electrons. The van der Waals surface area contributed by atoms with Crippen molar-refractivity contribution in [2.24, 2.45) is 4.99 Å². The summed E-state index contributed by atoms with van der Waals surface area (Å²) in [6.45, 7) is 0.833. The van der Waals surface area contributed by atoms with Gasteiger partial charge in [0.25, 0.3) is 0 Å². The Balaban J connectivity index is 2.50. The van der Waals surface area contributed by atoms with Crippen LogP contribution in [0.2, 0.25) is 0 Å². The molecule has 1 heterocycles. The van der Waals surface area contributed by atoms with Gasteiger partial charge >= 0.3 is 0 Å². The minimum absolute atomic E-state index is 0.833. The second-order valence-electron chi connectivity index (χ2n) is 1.41. The van der Waals surface area contributed by atoms with Crippen molar-refractivity contribution >= 4 is 22.1 Å². The molecule has 0 unspecified atom stereocenters. The van der Waals surface area contributed by atoms with E-state index in [0.717, 1.165) is 13.0 Å². The maximum Gasteiger partial charge on any atom is 0.0698 e. The predicted molar refractivity (Wildman–Crippen MR) is 35.0 cm³/mol. The Morgan fingerprint density at radius 3 is 2.86 bits per heavy atom. The normalized spacial score (nSPS) is 19.3. The lowest BCUT2D eigenvalue weighted by Crippen LogP contribution is -1.86. The van der Waals surface area contributed by atoms with E-state index in [1.807, 2.05) is 6.21 Å². The van der Waals surface area contributed by atoms with Gasteiger partial charge in [0.05, 0.1) is 6.54 Å². The quantitative estimate of drug-likeness (QED) is 0.511. The SMILES string of the molecule is BrC1=CCC=NC1. The summed E-state index contributed by atoms with van der Waals surface area (Å²) in [7, 11) is 0. The number of nitrogens with zero attached hydrogens (tertiary/aromatic N) is 1. The Morgan fingerprint density at radius 1 is 1.71 bits per heavy atom. The molecule has 2 heteroatoms. The van der Waals surface area contributed by atoms with Gasteiger partial charge < -0.3 is 0 Å². The number of rotatable bonds is 0. The molecule has 38 valence electrons. The van der Waals surface area contributed by atoms with Crippen molar-refractivity contribution in [3.8, 4) is 0 Å². The van der Waals surface area contributed by atoms with Crippen LogP contribution in [0.5, 0.6) is 0 Å². The number of allylic oxidation sites excluding steroid dienone is 1. The second-order valence-corrected chi connectivity index (χ2v) is 2.43. The number of halogens is 1. The zero-order valence-electron chi connectivity index (χ0n) is 3.89. The third kappa shape index (κ3) is 1.43. The summed E-state index contributed by atoms with van der Waals surface area (Å²) in [5.41, 5.74) is 0. The summed E-state index contributed by atoms with van der Waals surface area (Å²) in [4.78, 5) is 4.02. The third-order valence-electron chi connectivity index (χ3n) is 0.816. The van der Waals surface area contributed by atoms with Crippen LogP contribution >= 0.6 is 15.9 Å². The number of dihydropyridines is 1. The first-order valence-electron chi connectivity index (χ1n) is 2.22. The molecular weight excluding hydrogens is 154 g/mol. The van der Waals surface area contributed by atoms with Crippen molar-refractivity contribution < 1.29 is 0 Å². The van der Waals surface area contributed by atoms with Crippen LogP contribution in [0.3, 0.4) is 0 Å². The fraction of sp³-hybridized carbons (Fsp3) is 0.400. The second kappa shape index (κ2) is 2.26. The van der Waals surface area contributed by atoms with E-state index < -0.39 is 0 Å². The van der Waals surface area contributed by atoms with E-state index in [2.05, 4.69) is 27.0 Å². The fourth-order valence-corrected chi connectivity index (χ4v) is 0.803. The molecule has 0 bridgehead atoms. The lowest BCUT2D eigenvalue weighted by Gasteiger charge is -1.95. The standard InChI is InChI=1S/C5H6BrN/c6-5-2-1-3-7-4-5/h2-3H,1,4H2. The van der Waals surface area contributed by atoms with E-state index >= 15 is 0 Å². The van der Waals surface area contributed by atoms with Gasteiger partial charge in [0, 0.05) is 17.1 Å². The van der Waals surface area contributed by atoms with Gasteiger partial charge in [-0.1, -0.05) is 22.0 Å². The van der Waals surface area contributed by atoms with Crippen LogP contribution in [0.15, 0.2) is 15.6 Å². The minimum Gasteiger partial charge on any atom is -0.292 e. The first-order valence-corrected chi connectivity index (χ1v) is 3.02. The van der Waals surface area contributed by atoms with Crippen molar-refractivity contribution in [3.05, 3.63) is 10.6 Å². The molecule has 0 aromatic rings. The van der Waals surface area contributed by atoms with Crippen molar-refractivity contribution in [2.75, 3.05) is 6.54 Å². The van der Waals surface area contributed by atoms with E-state index in [0.29, 0.717) is 0 Å². The van der Waals surface area contributed by atoms with Gasteiger partial charge in [-0.05, 0) is 0 Å². The number of hydrogen-bond acceptors (Lipinski definition) is 1. The van der Waals surface area contributed by atoms with Crippen LogP contribution in [0.4, 0.5) is 0 Å². The zero-order chi connectivity index (χ0) is 5.11. The summed E-state index contributed by atoms with van der Waals surface area (Å²) < 4.78 is 1.20. The van der Waals surface area contributed by atoms with Crippen molar-refractivity contribution in [1.29, 1.82) is 0 Å². The Kier molecular flexibility index (Phi) is 1.63. The van der Waals surface area contributed by atoms with Crippen molar-refractivity contribution in [1.82, 2.24) is 0 Å². The molecule has 7 heavy (non-hydrogen) atoms. The van der Waals surface area contributed by atoms with Gasteiger partial charge in [-0.15, -0.1) is 0 Å². The molecule has 0 aromatic heterocycles. The average molecular weight is 160 g/mol. The largest absolute Gasteiger partial charge is 0.292 e. The molecular formula is C5H6BrN. The fourth-order valence-electron chi connectivity index (χ4n) is 0.471. The number of aliphatic imine (C=N–C) groups is 1. The van der Waals surface area contributed by atoms with E-state index in [1.165, 1.54) is 4.48 Å². The molecule has 1 rings (SSSR count). The summed E-state index contributed by atoms with van der Waals surface area (Å²) in [6.07, 6.45) is 5.03. The molecule has 0 aliphatic carbocycles. The van der Waals surface area contributed by atoms with Crippen LogP contribution in [-0.4, -0.2) is 12.8 Å². The molecule has 0 fully saturated rings. The predicted octanol–water partition coefficient (Wildman–Crippen LogP) is 1.74. The maximum absolute atomic E-state index is 4.02. The molecule has 0 saturated carbocycles. The van der Waals surface area contributed by atoms with Gasteiger partial charge in [0.2, 0.25) is 0 Å². The Labute approximate surface area is 51.3 Å². The Morgan fingerprint density at radius 2 is 2.57 bits per heavy atom. The topological polar surface area (TPSA) is 12.4 Å².